The predicted molar refractivity (Wildman–Crippen MR) is 155 cm³/mol. The molecule has 0 aliphatic carbocycles. The van der Waals surface area contributed by atoms with Crippen LogP contribution in [0.25, 0.3) is 11.2 Å². The molecule has 4 N–H and O–H groups in total. The van der Waals surface area contributed by atoms with Crippen molar-refractivity contribution in [3.05, 3.63) is 36.7 Å². The van der Waals surface area contributed by atoms with Crippen LogP contribution in [0.2, 0.25) is 0 Å². The lowest BCUT2D eigenvalue weighted by Crippen LogP contribution is -2.47. The Morgan fingerprint density at radius 1 is 1.29 bits per heavy atom. The summed E-state index contributed by atoms with van der Waals surface area (Å²) in [6, 6.07) is 7.26. The number of alkyl halides is 2. The number of aliphatic hydroxyl groups is 1. The number of carbonyl (C=O) groups excluding carboxylic acids is 1. The van der Waals surface area contributed by atoms with Gasteiger partial charge in [0.1, 0.15) is 18.4 Å². The number of benzene rings is 1. The fourth-order valence-electron chi connectivity index (χ4n) is 4.27. The molecule has 4 rings (SSSR count). The van der Waals surface area contributed by atoms with Crippen molar-refractivity contribution in [2.24, 2.45) is 0 Å². The van der Waals surface area contributed by atoms with E-state index in [1.165, 1.54) is 13.3 Å². The fourth-order valence-corrected chi connectivity index (χ4v) is 6.67. The highest BCUT2D eigenvalue weighted by Gasteiger charge is 2.65. The molecular formula is C25H34F2N7O6PS. The van der Waals surface area contributed by atoms with Crippen molar-refractivity contribution in [3.63, 3.8) is 0 Å². The summed E-state index contributed by atoms with van der Waals surface area (Å²) in [5.74, 6) is -3.27. The maximum Gasteiger partial charge on any atom is 0.323 e. The van der Waals surface area contributed by atoms with E-state index in [4.69, 9.17) is 36.1 Å². The maximum atomic E-state index is 16.3. The highest BCUT2D eigenvalue weighted by Crippen LogP contribution is 2.52. The van der Waals surface area contributed by atoms with Crippen LogP contribution < -0.4 is 20.2 Å². The van der Waals surface area contributed by atoms with Gasteiger partial charge in [-0.2, -0.15) is 9.97 Å². The Hall–Kier alpha value is -3.01. The van der Waals surface area contributed by atoms with Crippen molar-refractivity contribution < 1.29 is 37.2 Å². The minimum absolute atomic E-state index is 0.0640. The van der Waals surface area contributed by atoms with E-state index in [0.29, 0.717) is 5.82 Å². The number of nitrogens with two attached hydrogens (primary N) is 1. The molecule has 3 heterocycles. The quantitative estimate of drug-likeness (QED) is 0.210. The van der Waals surface area contributed by atoms with Gasteiger partial charge in [0.25, 0.3) is 5.85 Å². The van der Waals surface area contributed by atoms with Crippen molar-refractivity contribution in [1.82, 2.24) is 24.6 Å². The number of aliphatic hydroxyl groups excluding tert-OH is 1. The Morgan fingerprint density at radius 3 is 2.57 bits per heavy atom. The number of hydrogen-bond donors (Lipinski definition) is 3. The molecule has 1 saturated heterocycles. The van der Waals surface area contributed by atoms with Gasteiger partial charge >= 0.3 is 12.6 Å². The van der Waals surface area contributed by atoms with Gasteiger partial charge in [0.2, 0.25) is 5.95 Å². The lowest BCUT2D eigenvalue weighted by atomic mass is 9.97. The summed E-state index contributed by atoms with van der Waals surface area (Å²) >= 11 is 5.60. The molecule has 13 nitrogen and oxygen atoms in total. The van der Waals surface area contributed by atoms with Crippen LogP contribution in [0.15, 0.2) is 36.7 Å². The number of ether oxygens (including phenoxy) is 2. The zero-order valence-corrected chi connectivity index (χ0v) is 25.6. The number of esters is 1. The number of para-hydroxylation sites is 1. The zero-order valence-electron chi connectivity index (χ0n) is 23.9. The van der Waals surface area contributed by atoms with Gasteiger partial charge in [-0.15, -0.1) is 0 Å². The standard InChI is InChI=1S/C25H34F2N7O6PS/c1-14(2)38-20(35)15(3)32-41(42,40-16-10-8-7-9-11-16)37-12-25(27)21(36)24(4,26)22(39-25)34-13-29-17-18(33(5)6)30-23(28)31-19(17)34/h7-11,13-15,21-22,36H,12H2,1-6H3,(H,32,42)(H2,28,30,31)/t15-,21+,22-,24-,25-,41?/m1/s1. The second kappa shape index (κ2) is 11.9. The summed E-state index contributed by atoms with van der Waals surface area (Å²) < 4.78 is 55.8. The SMILES string of the molecule is CC(C)OC(=O)[C@@H](C)NP(=S)(OC[C@@]1(F)O[C@@H](n2cnc3c(N(C)C)nc(N)nc32)[C@](C)(F)[C@@H]1O)Oc1ccccc1. The molecule has 1 fully saturated rings. The molecule has 1 aliphatic heterocycles. The van der Waals surface area contributed by atoms with Gasteiger partial charge in [-0.1, -0.05) is 18.2 Å². The number of nitrogen functional groups attached to an aromatic ring is 1. The first kappa shape index (κ1) is 31.9. The molecule has 0 bridgehead atoms. The number of imidazole rings is 1. The van der Waals surface area contributed by atoms with Crippen LogP contribution in [-0.4, -0.2) is 81.1 Å². The van der Waals surface area contributed by atoms with Crippen LogP contribution in [0.4, 0.5) is 20.5 Å². The molecule has 0 radical (unpaired) electrons. The van der Waals surface area contributed by atoms with Gasteiger partial charge in [-0.25, -0.2) is 18.9 Å². The Bertz CT molecular complexity index is 1480. The number of rotatable bonds is 11. The minimum atomic E-state index is -3.73. The van der Waals surface area contributed by atoms with Crippen molar-refractivity contribution in [1.29, 1.82) is 0 Å². The molecule has 1 unspecified atom stereocenters. The van der Waals surface area contributed by atoms with Crippen LogP contribution in [-0.2, 0) is 30.6 Å². The average Bonchev–Trinajstić information content (AvgIpc) is 3.39. The fraction of sp³-hybridized carbons (Fsp3) is 0.520. The van der Waals surface area contributed by atoms with Gasteiger partial charge in [0, 0.05) is 14.1 Å². The largest absolute Gasteiger partial charge is 0.462 e. The average molecular weight is 630 g/mol. The van der Waals surface area contributed by atoms with E-state index in [1.807, 2.05) is 0 Å². The van der Waals surface area contributed by atoms with E-state index < -0.39 is 55.2 Å². The summed E-state index contributed by atoms with van der Waals surface area (Å²) in [4.78, 5) is 26.6. The van der Waals surface area contributed by atoms with E-state index in [1.54, 1.807) is 63.2 Å². The molecular weight excluding hydrogens is 595 g/mol. The lowest BCUT2D eigenvalue weighted by molar-refractivity contribution is -0.202. The first-order valence-corrected chi connectivity index (χ1v) is 15.6. The predicted octanol–water partition coefficient (Wildman–Crippen LogP) is 3.01. The van der Waals surface area contributed by atoms with Crippen LogP contribution in [0.1, 0.15) is 33.9 Å². The number of nitrogens with zero attached hydrogens (tertiary/aromatic N) is 5. The summed E-state index contributed by atoms with van der Waals surface area (Å²) in [5, 5.41) is 13.6. The second-order valence-corrected chi connectivity index (χ2v) is 13.6. The van der Waals surface area contributed by atoms with Crippen molar-refractivity contribution >= 4 is 47.3 Å². The Balaban J connectivity index is 1.62. The third-order valence-corrected chi connectivity index (χ3v) is 8.77. The molecule has 6 atom stereocenters. The minimum Gasteiger partial charge on any atom is -0.462 e. The van der Waals surface area contributed by atoms with Crippen molar-refractivity contribution in [2.45, 2.75) is 63.7 Å². The molecule has 17 heteroatoms. The molecule has 230 valence electrons. The first-order valence-electron chi connectivity index (χ1n) is 12.9. The number of hydrogen-bond acceptors (Lipinski definition) is 12. The number of carbonyl (C=O) groups is 1. The van der Waals surface area contributed by atoms with Crippen LogP contribution in [0, 0.1) is 0 Å². The van der Waals surface area contributed by atoms with Crippen LogP contribution >= 0.6 is 6.64 Å². The van der Waals surface area contributed by atoms with E-state index in [0.717, 1.165) is 11.5 Å². The van der Waals surface area contributed by atoms with Gasteiger partial charge in [0.05, 0.1) is 12.4 Å². The molecule has 1 aromatic carbocycles. The van der Waals surface area contributed by atoms with E-state index in [2.05, 4.69) is 20.0 Å². The number of nitrogens with one attached hydrogen (secondary N) is 1. The van der Waals surface area contributed by atoms with Gasteiger partial charge in [-0.05, 0) is 51.6 Å². The Labute approximate surface area is 246 Å². The Morgan fingerprint density at radius 2 is 1.95 bits per heavy atom. The molecule has 2 aromatic heterocycles. The van der Waals surface area contributed by atoms with E-state index in [9.17, 15) is 9.90 Å². The monoisotopic (exact) mass is 629 g/mol. The highest BCUT2D eigenvalue weighted by atomic mass is 32.5. The molecule has 3 aromatic rings. The summed E-state index contributed by atoms with van der Waals surface area (Å²) in [5.41, 5.74) is 3.48. The molecule has 0 spiro atoms. The zero-order chi connectivity index (χ0) is 31.0. The molecule has 1 aliphatic rings. The summed E-state index contributed by atoms with van der Waals surface area (Å²) in [6.45, 7) is 1.02. The topological polar surface area (TPSA) is 159 Å². The number of fused-ring (bicyclic) bond motifs is 1. The van der Waals surface area contributed by atoms with Crippen LogP contribution in [0.5, 0.6) is 5.75 Å². The smallest absolute Gasteiger partial charge is 0.323 e. The third-order valence-electron chi connectivity index (χ3n) is 6.29. The highest BCUT2D eigenvalue weighted by molar-refractivity contribution is 8.09. The van der Waals surface area contributed by atoms with Gasteiger partial charge in [0.15, 0.2) is 35.0 Å². The number of anilines is 2. The Kier molecular flexibility index (Phi) is 9.07. The van der Waals surface area contributed by atoms with Crippen molar-refractivity contribution in [2.75, 3.05) is 31.3 Å². The summed E-state index contributed by atoms with van der Waals surface area (Å²) in [7, 11) is 3.41. The molecule has 0 amide bonds. The first-order chi connectivity index (χ1) is 19.6. The normalized spacial score (nSPS) is 26.2. The summed E-state index contributed by atoms with van der Waals surface area (Å²) in [6.07, 6.45) is -3.29. The molecule has 42 heavy (non-hydrogen) atoms. The van der Waals surface area contributed by atoms with E-state index >= 15 is 8.78 Å². The van der Waals surface area contributed by atoms with Crippen LogP contribution in [0.3, 0.4) is 0 Å². The second-order valence-electron chi connectivity index (χ2n) is 10.4. The van der Waals surface area contributed by atoms with Crippen molar-refractivity contribution in [3.8, 4) is 5.75 Å². The number of halogens is 2. The maximum absolute atomic E-state index is 16.3. The van der Waals surface area contributed by atoms with Gasteiger partial charge in [-0.3, -0.25) is 9.36 Å². The van der Waals surface area contributed by atoms with Gasteiger partial charge < -0.3 is 34.3 Å². The molecule has 0 saturated carbocycles. The number of aromatic nitrogens is 4. The van der Waals surface area contributed by atoms with E-state index in [-0.39, 0.29) is 22.9 Å². The third kappa shape index (κ3) is 6.48. The lowest BCUT2D eigenvalue weighted by Gasteiger charge is -2.30.